The summed E-state index contributed by atoms with van der Waals surface area (Å²) in [6.07, 6.45) is 3.45. The highest BCUT2D eigenvalue weighted by Gasteiger charge is 2.16. The zero-order valence-corrected chi connectivity index (χ0v) is 13.5. The number of ether oxygens (including phenoxy) is 2. The van der Waals surface area contributed by atoms with Gasteiger partial charge in [-0.2, -0.15) is 10.2 Å². The van der Waals surface area contributed by atoms with E-state index in [9.17, 15) is 0 Å². The van der Waals surface area contributed by atoms with Crippen LogP contribution in [0.3, 0.4) is 0 Å². The van der Waals surface area contributed by atoms with E-state index in [2.05, 4.69) is 10.2 Å². The van der Waals surface area contributed by atoms with Crippen molar-refractivity contribution in [3.8, 4) is 28.4 Å². The van der Waals surface area contributed by atoms with Crippen LogP contribution in [-0.4, -0.2) is 30.2 Å². The van der Waals surface area contributed by atoms with Gasteiger partial charge >= 0.3 is 0 Å². The Balaban J connectivity index is 2.18. The Morgan fingerprint density at radius 3 is 2.54 bits per heavy atom. The fraction of sp³-hybridized carbons (Fsp3) is 0.111. The van der Waals surface area contributed by atoms with Gasteiger partial charge in [-0.3, -0.25) is 0 Å². The Kier molecular flexibility index (Phi) is 4.47. The molecule has 122 valence electrons. The van der Waals surface area contributed by atoms with Crippen LogP contribution in [0.25, 0.3) is 16.9 Å². The first-order chi connectivity index (χ1) is 11.8. The van der Waals surface area contributed by atoms with Crippen molar-refractivity contribution in [3.05, 3.63) is 60.3 Å². The first kappa shape index (κ1) is 15.6. The average molecular weight is 322 g/mol. The van der Waals surface area contributed by atoms with E-state index >= 15 is 0 Å². The second kappa shape index (κ2) is 6.87. The summed E-state index contributed by atoms with van der Waals surface area (Å²) in [6.45, 7) is 0. The molecule has 6 heteroatoms. The molecule has 0 aliphatic heterocycles. The van der Waals surface area contributed by atoms with E-state index in [1.54, 1.807) is 25.1 Å². The van der Waals surface area contributed by atoms with Crippen LogP contribution >= 0.6 is 0 Å². The third kappa shape index (κ3) is 2.94. The molecule has 3 rings (SSSR count). The lowest BCUT2D eigenvalue weighted by molar-refractivity contribution is 0.404. The lowest BCUT2D eigenvalue weighted by Gasteiger charge is -2.09. The number of nitrogens with two attached hydrogens (primary N) is 1. The molecule has 0 spiro atoms. The molecule has 0 atom stereocenters. The molecule has 1 heterocycles. The van der Waals surface area contributed by atoms with Crippen LogP contribution in [0.2, 0.25) is 0 Å². The predicted molar refractivity (Wildman–Crippen MR) is 93.9 cm³/mol. The number of para-hydroxylation sites is 1. The Morgan fingerprint density at radius 1 is 1.08 bits per heavy atom. The van der Waals surface area contributed by atoms with Crippen molar-refractivity contribution >= 4 is 6.21 Å². The van der Waals surface area contributed by atoms with E-state index in [4.69, 9.17) is 15.3 Å². The van der Waals surface area contributed by atoms with Crippen LogP contribution in [0.5, 0.6) is 11.5 Å². The van der Waals surface area contributed by atoms with Crippen molar-refractivity contribution in [2.45, 2.75) is 0 Å². The first-order valence-corrected chi connectivity index (χ1v) is 7.37. The highest BCUT2D eigenvalue weighted by molar-refractivity contribution is 5.90. The average Bonchev–Trinajstić information content (AvgIpc) is 3.06. The molecule has 0 bridgehead atoms. The predicted octanol–water partition coefficient (Wildman–Crippen LogP) is 2.85. The van der Waals surface area contributed by atoms with Gasteiger partial charge in [0, 0.05) is 17.3 Å². The highest BCUT2D eigenvalue weighted by atomic mass is 16.5. The molecule has 0 aliphatic rings. The van der Waals surface area contributed by atoms with Crippen LogP contribution in [0, 0.1) is 0 Å². The lowest BCUT2D eigenvalue weighted by Crippen LogP contribution is -1.96. The maximum Gasteiger partial charge on any atom is 0.128 e. The summed E-state index contributed by atoms with van der Waals surface area (Å²) in [5.41, 5.74) is 3.25. The molecule has 0 saturated heterocycles. The maximum atomic E-state index is 5.47. The van der Waals surface area contributed by atoms with Crippen molar-refractivity contribution in [1.82, 2.24) is 9.78 Å². The van der Waals surface area contributed by atoms with Gasteiger partial charge in [0.2, 0.25) is 0 Å². The maximum absolute atomic E-state index is 5.47. The van der Waals surface area contributed by atoms with Crippen LogP contribution < -0.4 is 15.3 Å². The summed E-state index contributed by atoms with van der Waals surface area (Å²) >= 11 is 0. The molecule has 0 fully saturated rings. The summed E-state index contributed by atoms with van der Waals surface area (Å²) in [5, 5.41) is 8.33. The van der Waals surface area contributed by atoms with Crippen LogP contribution in [0.1, 0.15) is 5.56 Å². The summed E-state index contributed by atoms with van der Waals surface area (Å²) in [4.78, 5) is 0. The fourth-order valence-corrected chi connectivity index (χ4v) is 2.48. The van der Waals surface area contributed by atoms with Gasteiger partial charge < -0.3 is 15.3 Å². The number of benzene rings is 2. The number of nitrogens with zero attached hydrogens (tertiary/aromatic N) is 3. The zero-order valence-electron chi connectivity index (χ0n) is 13.5. The quantitative estimate of drug-likeness (QED) is 0.445. The van der Waals surface area contributed by atoms with Gasteiger partial charge in [0.05, 0.1) is 26.1 Å². The number of hydrogen-bond acceptors (Lipinski definition) is 5. The van der Waals surface area contributed by atoms with E-state index in [0.29, 0.717) is 11.4 Å². The summed E-state index contributed by atoms with van der Waals surface area (Å²) in [6, 6.07) is 15.4. The summed E-state index contributed by atoms with van der Waals surface area (Å²) < 4.78 is 12.6. The number of rotatable bonds is 5. The summed E-state index contributed by atoms with van der Waals surface area (Å²) in [5.74, 6) is 6.77. The number of hydrazone groups is 1. The molecule has 0 saturated carbocycles. The zero-order chi connectivity index (χ0) is 16.9. The SMILES string of the molecule is COc1ccc(OC)c(-c2nn(-c3ccccc3)cc2/C=N\N)c1. The smallest absolute Gasteiger partial charge is 0.128 e. The third-order valence-electron chi connectivity index (χ3n) is 3.64. The number of hydrogen-bond donors (Lipinski definition) is 1. The molecule has 0 radical (unpaired) electrons. The Morgan fingerprint density at radius 2 is 1.88 bits per heavy atom. The van der Waals surface area contributed by atoms with E-state index < -0.39 is 0 Å². The van der Waals surface area contributed by atoms with Crippen molar-refractivity contribution in [2.75, 3.05) is 14.2 Å². The highest BCUT2D eigenvalue weighted by Crippen LogP contribution is 2.34. The monoisotopic (exact) mass is 322 g/mol. The Hall–Kier alpha value is -3.28. The van der Waals surface area contributed by atoms with Crippen molar-refractivity contribution in [2.24, 2.45) is 10.9 Å². The van der Waals surface area contributed by atoms with Crippen molar-refractivity contribution in [1.29, 1.82) is 0 Å². The molecule has 2 aromatic carbocycles. The first-order valence-electron chi connectivity index (χ1n) is 7.37. The van der Waals surface area contributed by atoms with Crippen molar-refractivity contribution in [3.63, 3.8) is 0 Å². The number of methoxy groups -OCH3 is 2. The minimum absolute atomic E-state index is 0.695. The van der Waals surface area contributed by atoms with Gasteiger partial charge in [0.15, 0.2) is 0 Å². The molecule has 1 aromatic heterocycles. The molecule has 3 aromatic rings. The van der Waals surface area contributed by atoms with E-state index in [1.165, 1.54) is 0 Å². The van der Waals surface area contributed by atoms with Crippen LogP contribution in [-0.2, 0) is 0 Å². The van der Waals surface area contributed by atoms with Gasteiger partial charge in [0.1, 0.15) is 17.2 Å². The van der Waals surface area contributed by atoms with Gasteiger partial charge in [-0.05, 0) is 30.3 Å². The molecule has 24 heavy (non-hydrogen) atoms. The minimum Gasteiger partial charge on any atom is -0.497 e. The molecule has 2 N–H and O–H groups in total. The van der Waals surface area contributed by atoms with Gasteiger partial charge in [-0.25, -0.2) is 4.68 Å². The molecular formula is C18H18N4O2. The topological polar surface area (TPSA) is 74.7 Å². The molecule has 6 nitrogen and oxygen atoms in total. The van der Waals surface area contributed by atoms with Gasteiger partial charge in [-0.15, -0.1) is 0 Å². The fourth-order valence-electron chi connectivity index (χ4n) is 2.48. The normalized spacial score (nSPS) is 10.9. The van der Waals surface area contributed by atoms with E-state index in [1.807, 2.05) is 54.7 Å². The van der Waals surface area contributed by atoms with E-state index in [-0.39, 0.29) is 0 Å². The standard InChI is InChI=1S/C18H18N4O2/c1-23-15-8-9-17(24-2)16(10-15)18-13(11-20-19)12-22(21-18)14-6-4-3-5-7-14/h3-12H,19H2,1-2H3/b20-11-. The van der Waals surface area contributed by atoms with Gasteiger partial charge in [0.25, 0.3) is 0 Å². The van der Waals surface area contributed by atoms with Crippen LogP contribution in [0.15, 0.2) is 59.8 Å². The number of aromatic nitrogens is 2. The van der Waals surface area contributed by atoms with Gasteiger partial charge in [-0.1, -0.05) is 18.2 Å². The Labute approximate surface area is 140 Å². The second-order valence-electron chi connectivity index (χ2n) is 5.06. The molecule has 0 unspecified atom stereocenters. The third-order valence-corrected chi connectivity index (χ3v) is 3.64. The molecular weight excluding hydrogens is 304 g/mol. The largest absolute Gasteiger partial charge is 0.497 e. The molecule has 0 aliphatic carbocycles. The van der Waals surface area contributed by atoms with Crippen molar-refractivity contribution < 1.29 is 9.47 Å². The van der Waals surface area contributed by atoms with E-state index in [0.717, 1.165) is 22.6 Å². The van der Waals surface area contributed by atoms with Crippen LogP contribution in [0.4, 0.5) is 0 Å². The summed E-state index contributed by atoms with van der Waals surface area (Å²) in [7, 11) is 3.24. The lowest BCUT2D eigenvalue weighted by atomic mass is 10.1. The second-order valence-corrected chi connectivity index (χ2v) is 5.06. The minimum atomic E-state index is 0.695. The Bertz CT molecular complexity index is 857. The molecule has 0 amide bonds.